The molecule has 2 heterocycles. The number of carboxylic acids is 1. The number of carbonyl (C=O) groups excluding carboxylic acids is 10. The fourth-order valence-corrected chi connectivity index (χ4v) is 12.4. The van der Waals surface area contributed by atoms with Crippen LogP contribution in [0.25, 0.3) is 0 Å². The maximum atomic E-state index is 15.1. The zero-order chi connectivity index (χ0) is 74.3. The van der Waals surface area contributed by atoms with Gasteiger partial charge in [-0.2, -0.15) is 12.6 Å². The summed E-state index contributed by atoms with van der Waals surface area (Å²) in [6, 6.07) is 0.756. The normalized spacial score (nSPS) is 16.3. The third-order valence-electron chi connectivity index (χ3n) is 17.3. The molecule has 2 aliphatic rings. The van der Waals surface area contributed by atoms with Crippen LogP contribution in [-0.2, 0) is 78.1 Å². The highest BCUT2D eigenvalue weighted by Crippen LogP contribution is 2.31. The lowest BCUT2D eigenvalue weighted by molar-refractivity contribution is -0.148. The second kappa shape index (κ2) is 46.8. The van der Waals surface area contributed by atoms with E-state index in [-0.39, 0.29) is 152 Å². The molecule has 0 aromatic heterocycles. The number of Topliss-reactive ketones (excluding diaryl/α,β-unsaturated/α-hetero) is 3. The number of ketones is 3. The van der Waals surface area contributed by atoms with Gasteiger partial charge >= 0.3 is 5.97 Å². The lowest BCUT2D eigenvalue weighted by Gasteiger charge is -2.35. The number of nitrogens with zero attached hydrogens (tertiary/aromatic N) is 5. The second-order valence-corrected chi connectivity index (χ2v) is 27.6. The van der Waals surface area contributed by atoms with Gasteiger partial charge in [0.25, 0.3) is 0 Å². The summed E-state index contributed by atoms with van der Waals surface area (Å²) < 4.78 is 21.9. The average Bonchev–Trinajstić information content (AvgIpc) is 1.55. The first-order valence-corrected chi connectivity index (χ1v) is 35.7. The number of ether oxygens (including phenoxy) is 4. The first-order valence-electron chi connectivity index (χ1n) is 35.0. The van der Waals surface area contributed by atoms with Crippen molar-refractivity contribution in [1.29, 1.82) is 0 Å². The van der Waals surface area contributed by atoms with Gasteiger partial charge in [-0.05, 0) is 118 Å². The molecule has 3 rings (SSSR count). The molecule has 1 aromatic carbocycles. The number of hydrogen-bond donors (Lipinski definition) is 11. The van der Waals surface area contributed by atoms with Gasteiger partial charge in [-0.1, -0.05) is 46.8 Å². The van der Waals surface area contributed by atoms with Gasteiger partial charge in [0.2, 0.25) is 41.4 Å². The van der Waals surface area contributed by atoms with Crippen LogP contribution in [0.2, 0.25) is 0 Å². The molecular weight excluding hydrogens is 1310 g/mol. The molecule has 0 spiro atoms. The van der Waals surface area contributed by atoms with Crippen molar-refractivity contribution in [1.82, 2.24) is 36.0 Å². The van der Waals surface area contributed by atoms with E-state index in [1.807, 2.05) is 13.8 Å². The molecule has 0 unspecified atom stereocenters. The van der Waals surface area contributed by atoms with Gasteiger partial charge in [0.15, 0.2) is 29.3 Å². The number of aromatic hydroxyl groups is 1. The smallest absolute Gasteiger partial charge is 0.306 e. The Balaban J connectivity index is 1.74. The molecule has 2 fully saturated rings. The Morgan fingerprint density at radius 3 is 1.75 bits per heavy atom. The van der Waals surface area contributed by atoms with E-state index in [9.17, 15) is 53.4 Å². The van der Waals surface area contributed by atoms with Crippen LogP contribution in [0.5, 0.6) is 5.75 Å². The third-order valence-corrected chi connectivity index (χ3v) is 17.5. The molecule has 0 radical (unpaired) electrons. The average molecular weight is 1430 g/mol. The van der Waals surface area contributed by atoms with Crippen LogP contribution in [0.3, 0.4) is 0 Å². The number of amides is 7. The van der Waals surface area contributed by atoms with E-state index in [0.717, 1.165) is 0 Å². The lowest BCUT2D eigenvalue weighted by Crippen LogP contribution is -2.55. The summed E-state index contributed by atoms with van der Waals surface area (Å²) in [5.41, 5.74) is 22.3. The number of hydrogen-bond acceptors (Lipinski definition) is 19. The van der Waals surface area contributed by atoms with E-state index < -0.39 is 113 Å². The van der Waals surface area contributed by atoms with Crippen LogP contribution < -0.4 is 44.2 Å². The van der Waals surface area contributed by atoms with Gasteiger partial charge in [-0.3, -0.25) is 62.7 Å². The Hall–Kier alpha value is -7.48. The molecule has 30 nitrogen and oxygen atoms in total. The number of aliphatic imine (C=N–C) groups is 2. The van der Waals surface area contributed by atoms with Crippen molar-refractivity contribution in [3.05, 3.63) is 29.8 Å². The summed E-state index contributed by atoms with van der Waals surface area (Å²) in [5.74, 6) is -8.57. The van der Waals surface area contributed by atoms with Crippen molar-refractivity contribution >= 4 is 89.2 Å². The van der Waals surface area contributed by atoms with Crippen LogP contribution in [-0.4, -0.2) is 237 Å². The number of unbranched alkanes of at least 4 members (excludes halogenated alkanes) is 1. The van der Waals surface area contributed by atoms with Gasteiger partial charge < -0.3 is 88.1 Å². The molecule has 2 aliphatic heterocycles. The Bertz CT molecular complexity index is 2830. The molecule has 564 valence electrons. The number of likely N-dealkylation sites (tertiary alicyclic amines) is 2. The quantitative estimate of drug-likeness (QED) is 0.0192. The SMILES string of the molecule is CC(=O)N[C@@H](CCCCNC(=O)CCOCCOCCOCCOCCNC(=O)CCS)C(=O)N1CCC[C@H]1C(=O)N(C)[C@@H](CCCN=C(N)N)C(=O)C[C@@H](CCCN=C(N)N)C(=O)N1CCC[C@H]1C(=O)C[C@@H](Cc1ccc(O)cc1)C(=O)N[C@H](C(=O)C[C@@H](CC(C)C)C(=O)O)C(C)(C)C. The Kier molecular flexibility index (Phi) is 40.6. The Labute approximate surface area is 594 Å². The summed E-state index contributed by atoms with van der Waals surface area (Å²) in [7, 11) is 1.46. The minimum atomic E-state index is -1.16. The van der Waals surface area contributed by atoms with E-state index in [1.165, 1.54) is 40.8 Å². The van der Waals surface area contributed by atoms with E-state index >= 15 is 9.59 Å². The number of carboxylic acid groups (broad SMARTS) is 1. The number of carbonyl (C=O) groups is 11. The number of nitrogens with two attached hydrogens (primary N) is 4. The molecule has 8 atom stereocenters. The second-order valence-electron chi connectivity index (χ2n) is 27.1. The number of phenolic OH excluding ortho intramolecular Hbond substituents is 1. The first-order chi connectivity index (χ1) is 47.4. The predicted octanol–water partition coefficient (Wildman–Crippen LogP) is 1.92. The largest absolute Gasteiger partial charge is 0.508 e. The van der Waals surface area contributed by atoms with Gasteiger partial charge in [0.1, 0.15) is 17.8 Å². The number of thiol groups is 1. The van der Waals surface area contributed by atoms with Crippen molar-refractivity contribution in [2.45, 2.75) is 187 Å². The highest BCUT2D eigenvalue weighted by atomic mass is 32.1. The van der Waals surface area contributed by atoms with Crippen LogP contribution in [0.1, 0.15) is 156 Å². The zero-order valence-electron chi connectivity index (χ0n) is 59.9. The van der Waals surface area contributed by atoms with Crippen molar-refractivity contribution in [2.24, 2.45) is 62.0 Å². The zero-order valence-corrected chi connectivity index (χ0v) is 60.7. The van der Waals surface area contributed by atoms with Crippen LogP contribution in [0.4, 0.5) is 0 Å². The van der Waals surface area contributed by atoms with Gasteiger partial charge in [0, 0.05) is 97.2 Å². The number of benzene rings is 1. The van der Waals surface area contributed by atoms with Crippen molar-refractivity contribution in [3.63, 3.8) is 0 Å². The lowest BCUT2D eigenvalue weighted by atomic mass is 9.80. The summed E-state index contributed by atoms with van der Waals surface area (Å²) >= 11 is 4.02. The van der Waals surface area contributed by atoms with Crippen molar-refractivity contribution < 1.29 is 81.9 Å². The monoisotopic (exact) mass is 1430 g/mol. The number of aliphatic carboxylic acids is 1. The molecule has 7 amide bonds. The topological polar surface area (TPSA) is 452 Å². The molecule has 31 heteroatoms. The minimum absolute atomic E-state index is 0.00219. The number of phenols is 1. The third kappa shape index (κ3) is 33.3. The first kappa shape index (κ1) is 86.7. The fraction of sp³-hybridized carbons (Fsp3) is 0.725. The van der Waals surface area contributed by atoms with E-state index in [1.54, 1.807) is 32.9 Å². The van der Waals surface area contributed by atoms with Gasteiger partial charge in [-0.15, -0.1) is 0 Å². The highest BCUT2D eigenvalue weighted by molar-refractivity contribution is 7.80. The van der Waals surface area contributed by atoms with Crippen molar-refractivity contribution in [3.8, 4) is 5.75 Å². The summed E-state index contributed by atoms with van der Waals surface area (Å²) in [4.78, 5) is 164. The molecule has 0 saturated carbocycles. The molecule has 1 aromatic rings. The summed E-state index contributed by atoms with van der Waals surface area (Å²) in [6.45, 7) is 14.1. The van der Waals surface area contributed by atoms with E-state index in [4.69, 9.17) is 41.9 Å². The van der Waals surface area contributed by atoms with Crippen LogP contribution in [0, 0.1) is 29.1 Å². The van der Waals surface area contributed by atoms with Crippen molar-refractivity contribution in [2.75, 3.05) is 105 Å². The Morgan fingerprint density at radius 1 is 0.650 bits per heavy atom. The highest BCUT2D eigenvalue weighted by Gasteiger charge is 2.44. The number of guanidine groups is 2. The Morgan fingerprint density at radius 2 is 1.19 bits per heavy atom. The van der Waals surface area contributed by atoms with Gasteiger partial charge in [-0.25, -0.2) is 0 Å². The molecular formula is C69H115N13O17S. The van der Waals surface area contributed by atoms with Crippen LogP contribution >= 0.6 is 12.6 Å². The number of likely N-dealkylation sites (N-methyl/N-ethyl adjacent to an activating group) is 1. The van der Waals surface area contributed by atoms with E-state index in [2.05, 4.69) is 43.9 Å². The number of nitrogens with one attached hydrogen (secondary N) is 4. The van der Waals surface area contributed by atoms with E-state index in [0.29, 0.717) is 96.2 Å². The molecule has 0 aliphatic carbocycles. The van der Waals surface area contributed by atoms with Gasteiger partial charge in [0.05, 0.1) is 76.9 Å². The molecule has 0 bridgehead atoms. The standard InChI is InChI=1S/C69H115N13O17S/c1-45(2)40-50(66(94)95)44-58(87)61(69(4,5)6)79-62(90)49(41-47-19-21-51(84)22-20-47)43-57(86)54-17-12-29-81(54)63(91)48(14-10-26-76-67(70)71)42-56(85)53(16-11-27-77-68(72)73)80(7)65(93)55-18-13-30-82(55)64(92)52(78-46(3)83)15-8-9-25-74-59(88)23-31-96-33-35-98-37-38-99-36-34-97-32-28-75-60(89)24-39-100/h19-22,45,48-50,52-55,61,84,100H,8-18,23-44H2,1-7H3,(H,74,88)(H,75,89)(H,78,83)(H,79,90)(H,94,95)(H4,70,71,76)(H4,72,73,77)/t48-,49-,50-,52+,53+,54+,55+,61-/m1/s1. The number of rotatable bonds is 51. The predicted molar refractivity (Wildman–Crippen MR) is 379 cm³/mol. The van der Waals surface area contributed by atoms with Crippen LogP contribution in [0.15, 0.2) is 34.3 Å². The summed E-state index contributed by atoms with van der Waals surface area (Å²) in [5, 5.41) is 31.3. The molecule has 2 saturated heterocycles. The fourth-order valence-electron chi connectivity index (χ4n) is 12.2. The molecule has 100 heavy (non-hydrogen) atoms. The maximum Gasteiger partial charge on any atom is 0.306 e. The molecule has 14 N–H and O–H groups in total. The minimum Gasteiger partial charge on any atom is -0.508 e. The summed E-state index contributed by atoms with van der Waals surface area (Å²) in [6.07, 6.45) is 2.64. The maximum absolute atomic E-state index is 15.1.